The van der Waals surface area contributed by atoms with Gasteiger partial charge in [0.1, 0.15) is 11.6 Å². The number of hydrogen-bond donors (Lipinski definition) is 0. The summed E-state index contributed by atoms with van der Waals surface area (Å²) in [5, 5.41) is 0. The third-order valence-electron chi connectivity index (χ3n) is 3.04. The van der Waals surface area contributed by atoms with Gasteiger partial charge in [0.15, 0.2) is 11.6 Å². The van der Waals surface area contributed by atoms with Crippen molar-refractivity contribution >= 4 is 6.08 Å². The fraction of sp³-hybridized carbons (Fsp3) is 0.176. The smallest absolute Gasteiger partial charge is 0.416 e. The number of hydrogen-bond acceptors (Lipinski definition) is 2. The molecule has 0 unspecified atom stereocenters. The van der Waals surface area contributed by atoms with Crippen molar-refractivity contribution in [3.05, 3.63) is 64.9 Å². The van der Waals surface area contributed by atoms with Crippen molar-refractivity contribution in [1.82, 2.24) is 0 Å². The van der Waals surface area contributed by atoms with Crippen LogP contribution in [-0.2, 0) is 10.9 Å². The Morgan fingerprint density at radius 1 is 0.958 bits per heavy atom. The van der Waals surface area contributed by atoms with Gasteiger partial charge in [0.05, 0.1) is 18.9 Å². The second-order valence-electron chi connectivity index (χ2n) is 4.98. The summed E-state index contributed by atoms with van der Waals surface area (Å²) >= 11 is 0. The average Bonchev–Trinajstić information content (AvgIpc) is 2.48. The maximum atomic E-state index is 14.0. The van der Waals surface area contributed by atoms with Gasteiger partial charge in [-0.05, 0) is 42.8 Å². The summed E-state index contributed by atoms with van der Waals surface area (Å²) in [6, 6.07) is 4.58. The fourth-order valence-corrected chi connectivity index (χ4v) is 1.99. The number of aryl methyl sites for hydroxylation is 1. The maximum Gasteiger partial charge on any atom is 0.416 e. The van der Waals surface area contributed by atoms with Crippen LogP contribution in [0.15, 0.2) is 36.6 Å². The first kappa shape index (κ1) is 17.8. The van der Waals surface area contributed by atoms with Crippen LogP contribution in [0.2, 0.25) is 0 Å². The Morgan fingerprint density at radius 2 is 1.67 bits per heavy atom. The van der Waals surface area contributed by atoms with Crippen LogP contribution in [0.3, 0.4) is 0 Å². The highest BCUT2D eigenvalue weighted by Gasteiger charge is 2.31. The molecular weight excluding hydrogens is 331 g/mol. The fourth-order valence-electron chi connectivity index (χ4n) is 1.99. The largest absolute Gasteiger partial charge is 0.504 e. The van der Waals surface area contributed by atoms with Crippen LogP contribution in [0.1, 0.15) is 16.7 Å². The van der Waals surface area contributed by atoms with Crippen molar-refractivity contribution < 1.29 is 31.4 Å². The van der Waals surface area contributed by atoms with E-state index in [2.05, 4.69) is 4.74 Å². The summed E-state index contributed by atoms with van der Waals surface area (Å²) in [6.07, 6.45) is -2.20. The van der Waals surface area contributed by atoms with E-state index < -0.39 is 29.1 Å². The molecule has 0 amide bonds. The molecule has 0 bridgehead atoms. The van der Waals surface area contributed by atoms with Gasteiger partial charge in [0.25, 0.3) is 0 Å². The first-order valence-electron chi connectivity index (χ1n) is 6.76. The lowest BCUT2D eigenvalue weighted by Gasteiger charge is -2.12. The number of benzene rings is 2. The second kappa shape index (κ2) is 6.90. The van der Waals surface area contributed by atoms with Crippen molar-refractivity contribution in [3.8, 4) is 11.5 Å². The van der Waals surface area contributed by atoms with Gasteiger partial charge in [-0.2, -0.15) is 13.2 Å². The molecule has 0 aliphatic heterocycles. The highest BCUT2D eigenvalue weighted by Crippen LogP contribution is 2.35. The molecular formula is C17H13F5O2. The van der Waals surface area contributed by atoms with E-state index in [0.29, 0.717) is 0 Å². The lowest BCUT2D eigenvalue weighted by molar-refractivity contribution is -0.137. The first-order chi connectivity index (χ1) is 11.2. The van der Waals surface area contributed by atoms with E-state index in [1.807, 2.05) is 0 Å². The average molecular weight is 344 g/mol. The van der Waals surface area contributed by atoms with Gasteiger partial charge < -0.3 is 9.47 Å². The Morgan fingerprint density at radius 3 is 2.29 bits per heavy atom. The van der Waals surface area contributed by atoms with E-state index in [1.165, 1.54) is 26.2 Å². The quantitative estimate of drug-likeness (QED) is 0.523. The van der Waals surface area contributed by atoms with E-state index in [-0.39, 0.29) is 16.9 Å². The van der Waals surface area contributed by atoms with Gasteiger partial charge in [-0.1, -0.05) is 0 Å². The van der Waals surface area contributed by atoms with E-state index in [0.717, 1.165) is 30.5 Å². The van der Waals surface area contributed by atoms with Crippen LogP contribution in [-0.4, -0.2) is 7.11 Å². The summed E-state index contributed by atoms with van der Waals surface area (Å²) < 4.78 is 75.9. The molecule has 0 fully saturated rings. The van der Waals surface area contributed by atoms with Gasteiger partial charge in [-0.25, -0.2) is 8.78 Å². The zero-order valence-electron chi connectivity index (χ0n) is 12.7. The van der Waals surface area contributed by atoms with Gasteiger partial charge in [-0.3, -0.25) is 0 Å². The molecule has 2 nitrogen and oxygen atoms in total. The van der Waals surface area contributed by atoms with Gasteiger partial charge in [0, 0.05) is 11.6 Å². The van der Waals surface area contributed by atoms with E-state index in [9.17, 15) is 22.0 Å². The van der Waals surface area contributed by atoms with Gasteiger partial charge >= 0.3 is 6.18 Å². The van der Waals surface area contributed by atoms with Crippen LogP contribution < -0.4 is 4.74 Å². The summed E-state index contributed by atoms with van der Waals surface area (Å²) in [5.74, 6) is -2.47. The zero-order chi connectivity index (χ0) is 17.9. The number of halogens is 5. The molecule has 0 radical (unpaired) electrons. The monoisotopic (exact) mass is 344 g/mol. The predicted octanol–water partition coefficient (Wildman–Crippen LogP) is 5.70. The van der Waals surface area contributed by atoms with Crippen molar-refractivity contribution in [2.75, 3.05) is 7.11 Å². The molecule has 0 aliphatic rings. The Bertz CT molecular complexity index is 766. The second-order valence-corrected chi connectivity index (χ2v) is 4.98. The first-order valence-corrected chi connectivity index (χ1v) is 6.76. The number of methoxy groups -OCH3 is 1. The number of rotatable bonds is 4. The standard InChI is InChI=1S/C17H13F5O2/c1-10-5-12(17(20,21)22)8-13(6-10)24-16-9-14(18)11(3-4-23-2)7-15(16)19/h3-9H,1-2H3/b4-3+. The topological polar surface area (TPSA) is 18.5 Å². The van der Waals surface area contributed by atoms with Crippen LogP contribution >= 0.6 is 0 Å². The Labute approximate surface area is 135 Å². The highest BCUT2D eigenvalue weighted by atomic mass is 19.4. The molecule has 24 heavy (non-hydrogen) atoms. The molecule has 2 aromatic rings. The molecule has 0 aliphatic carbocycles. The molecule has 0 aromatic heterocycles. The van der Waals surface area contributed by atoms with E-state index in [4.69, 9.17) is 4.74 Å². The zero-order valence-corrected chi connectivity index (χ0v) is 12.7. The van der Waals surface area contributed by atoms with Crippen LogP contribution in [0.25, 0.3) is 6.08 Å². The maximum absolute atomic E-state index is 14.0. The summed E-state index contributed by atoms with van der Waals surface area (Å²) in [6.45, 7) is 1.44. The van der Waals surface area contributed by atoms with Gasteiger partial charge in [-0.15, -0.1) is 0 Å². The molecule has 128 valence electrons. The molecule has 0 saturated heterocycles. The van der Waals surface area contributed by atoms with Gasteiger partial charge in [0.2, 0.25) is 0 Å². The minimum atomic E-state index is -4.57. The number of ether oxygens (including phenoxy) is 2. The lowest BCUT2D eigenvalue weighted by Crippen LogP contribution is -2.05. The summed E-state index contributed by atoms with van der Waals surface area (Å²) in [5.41, 5.74) is -0.736. The molecule has 7 heteroatoms. The SMILES string of the molecule is CO/C=C/c1cc(F)c(Oc2cc(C)cc(C(F)(F)F)c2)cc1F. The predicted molar refractivity (Wildman–Crippen MR) is 78.7 cm³/mol. The van der Waals surface area contributed by atoms with Crippen molar-refractivity contribution in [1.29, 1.82) is 0 Å². The molecule has 0 heterocycles. The van der Waals surface area contributed by atoms with Crippen LogP contribution in [0, 0.1) is 18.6 Å². The lowest BCUT2D eigenvalue weighted by atomic mass is 10.1. The Kier molecular flexibility index (Phi) is 5.11. The number of alkyl halides is 3. The molecule has 0 atom stereocenters. The van der Waals surface area contributed by atoms with Crippen molar-refractivity contribution in [2.45, 2.75) is 13.1 Å². The molecule has 0 N–H and O–H groups in total. The van der Waals surface area contributed by atoms with E-state index >= 15 is 0 Å². The van der Waals surface area contributed by atoms with Crippen molar-refractivity contribution in [3.63, 3.8) is 0 Å². The van der Waals surface area contributed by atoms with Crippen molar-refractivity contribution in [2.24, 2.45) is 0 Å². The third kappa shape index (κ3) is 4.24. The Hall–Kier alpha value is -2.57. The summed E-state index contributed by atoms with van der Waals surface area (Å²) in [4.78, 5) is 0. The normalized spacial score (nSPS) is 11.8. The Balaban J connectivity index is 2.37. The minimum absolute atomic E-state index is 0.0816. The highest BCUT2D eigenvalue weighted by molar-refractivity contribution is 5.52. The molecule has 2 aromatic carbocycles. The molecule has 0 spiro atoms. The van der Waals surface area contributed by atoms with E-state index in [1.54, 1.807) is 0 Å². The minimum Gasteiger partial charge on any atom is -0.504 e. The third-order valence-corrected chi connectivity index (χ3v) is 3.04. The molecule has 2 rings (SSSR count). The summed E-state index contributed by atoms with van der Waals surface area (Å²) in [7, 11) is 1.35. The van der Waals surface area contributed by atoms with Crippen LogP contribution in [0.5, 0.6) is 11.5 Å². The van der Waals surface area contributed by atoms with Crippen LogP contribution in [0.4, 0.5) is 22.0 Å². The molecule has 0 saturated carbocycles.